The molecular formula is C65H86O. The highest BCUT2D eigenvalue weighted by Crippen LogP contribution is 2.30. The van der Waals surface area contributed by atoms with Gasteiger partial charge in [0.1, 0.15) is 11.5 Å². The Hall–Kier alpha value is -5.66. The van der Waals surface area contributed by atoms with Crippen LogP contribution in [-0.2, 0) is 6.42 Å². The highest BCUT2D eigenvalue weighted by molar-refractivity contribution is 5.34. The van der Waals surface area contributed by atoms with Crippen molar-refractivity contribution in [1.29, 1.82) is 0 Å². The number of ether oxygens (including phenoxy) is 1. The molecule has 0 fully saturated rings. The Balaban J connectivity index is 0.000000278. The third-order valence-electron chi connectivity index (χ3n) is 11.6. The van der Waals surface area contributed by atoms with Gasteiger partial charge >= 0.3 is 0 Å². The van der Waals surface area contributed by atoms with Gasteiger partial charge in [-0.05, 0) is 147 Å². The van der Waals surface area contributed by atoms with E-state index in [-0.39, 0.29) is 0 Å². The van der Waals surface area contributed by atoms with Gasteiger partial charge in [-0.1, -0.05) is 243 Å². The van der Waals surface area contributed by atoms with E-state index in [9.17, 15) is 0 Å². The molecule has 0 saturated carbocycles. The SMILES string of the molecule is CCCC(C)CC(C)(C)CC.Cc1ccc(C)c(C)c1.Cc1ccc(C)cc1.Cc1ccc(Cc2ccc(C)cc2)cc1.Cc1ccc(Oc2ccc(C)cc2)cc1.Cc1cccc(C)c1. The Morgan fingerprint density at radius 3 is 1.03 bits per heavy atom. The van der Waals surface area contributed by atoms with Crippen molar-refractivity contribution >= 4 is 0 Å². The molecule has 0 saturated heterocycles. The lowest BCUT2D eigenvalue weighted by Crippen LogP contribution is -2.14. The normalized spacial score (nSPS) is 10.7. The van der Waals surface area contributed by atoms with Crippen LogP contribution in [0.5, 0.6) is 11.5 Å². The van der Waals surface area contributed by atoms with Crippen LogP contribution in [0.3, 0.4) is 0 Å². The molecule has 1 unspecified atom stereocenters. The van der Waals surface area contributed by atoms with E-state index < -0.39 is 0 Å². The van der Waals surface area contributed by atoms with Crippen LogP contribution in [0.2, 0.25) is 0 Å². The zero-order chi connectivity index (χ0) is 49.1. The molecule has 7 rings (SSSR count). The molecule has 0 spiro atoms. The van der Waals surface area contributed by atoms with Gasteiger partial charge in [0.05, 0.1) is 0 Å². The van der Waals surface area contributed by atoms with Crippen LogP contribution in [0.15, 0.2) is 164 Å². The molecule has 352 valence electrons. The summed E-state index contributed by atoms with van der Waals surface area (Å²) in [5.74, 6) is 2.67. The molecule has 0 N–H and O–H groups in total. The second-order valence-corrected chi connectivity index (χ2v) is 19.4. The Kier molecular flexibility index (Phi) is 26.1. The van der Waals surface area contributed by atoms with Crippen molar-refractivity contribution in [3.8, 4) is 11.5 Å². The summed E-state index contributed by atoms with van der Waals surface area (Å²) in [6, 6.07) is 57.0. The zero-order valence-corrected chi connectivity index (χ0v) is 44.1. The van der Waals surface area contributed by atoms with Gasteiger partial charge < -0.3 is 4.74 Å². The van der Waals surface area contributed by atoms with Crippen LogP contribution in [0.25, 0.3) is 0 Å². The van der Waals surface area contributed by atoms with Crippen molar-refractivity contribution in [3.05, 3.63) is 236 Å². The molecule has 0 bridgehead atoms. The average molecular weight is 883 g/mol. The summed E-state index contributed by atoms with van der Waals surface area (Å²) < 4.78 is 5.69. The second kappa shape index (κ2) is 30.5. The molecule has 0 aromatic heterocycles. The van der Waals surface area contributed by atoms with Crippen LogP contribution >= 0.6 is 0 Å². The van der Waals surface area contributed by atoms with Gasteiger partial charge in [-0.2, -0.15) is 0 Å². The monoisotopic (exact) mass is 883 g/mol. The van der Waals surface area contributed by atoms with Crippen molar-refractivity contribution in [2.75, 3.05) is 0 Å². The van der Waals surface area contributed by atoms with Crippen LogP contribution < -0.4 is 4.74 Å². The largest absolute Gasteiger partial charge is 0.457 e. The van der Waals surface area contributed by atoms with Gasteiger partial charge in [0.2, 0.25) is 0 Å². The van der Waals surface area contributed by atoms with Gasteiger partial charge in [-0.3, -0.25) is 0 Å². The van der Waals surface area contributed by atoms with E-state index in [4.69, 9.17) is 4.74 Å². The lowest BCUT2D eigenvalue weighted by Gasteiger charge is -2.26. The summed E-state index contributed by atoms with van der Waals surface area (Å²) in [4.78, 5) is 0. The summed E-state index contributed by atoms with van der Waals surface area (Å²) in [6.07, 6.45) is 6.45. The fraction of sp³-hybridized carbons (Fsp3) is 0.354. The number of benzene rings is 7. The van der Waals surface area contributed by atoms with Crippen LogP contribution in [0, 0.1) is 87.5 Å². The maximum Gasteiger partial charge on any atom is 0.127 e. The van der Waals surface area contributed by atoms with Gasteiger partial charge in [-0.15, -0.1) is 0 Å². The summed E-state index contributed by atoms with van der Waals surface area (Å²) in [6.45, 7) is 34.9. The summed E-state index contributed by atoms with van der Waals surface area (Å²) in [5, 5.41) is 0. The molecular weight excluding hydrogens is 797 g/mol. The smallest absolute Gasteiger partial charge is 0.127 e. The Morgan fingerprint density at radius 2 is 0.727 bits per heavy atom. The maximum atomic E-state index is 5.69. The molecule has 0 aliphatic heterocycles. The maximum absolute atomic E-state index is 5.69. The fourth-order valence-corrected chi connectivity index (χ4v) is 7.01. The first-order valence-electron chi connectivity index (χ1n) is 24.3. The molecule has 1 nitrogen and oxygen atoms in total. The van der Waals surface area contributed by atoms with Crippen LogP contribution in [0.1, 0.15) is 133 Å². The van der Waals surface area contributed by atoms with E-state index in [1.54, 1.807) is 0 Å². The molecule has 1 heteroatoms. The average Bonchev–Trinajstić information content (AvgIpc) is 3.27. The Labute approximate surface area is 404 Å². The molecule has 0 aliphatic carbocycles. The van der Waals surface area contributed by atoms with Crippen LogP contribution in [-0.4, -0.2) is 0 Å². The Morgan fingerprint density at radius 1 is 0.394 bits per heavy atom. The first kappa shape index (κ1) is 56.5. The minimum absolute atomic E-state index is 0.564. The molecule has 0 heterocycles. The standard InChI is InChI=1S/C15H16.C14H14O.C11H24.C9H12.2C8H10/c1-12-3-7-14(8-4-12)11-15-9-5-13(2)6-10-15;1-11-3-7-13(8-4-11)15-14-9-5-12(2)6-10-14;1-6-8-10(3)9-11(4,5)7-2;1-7-4-5-8(2)9(3)6-7;1-7-3-5-8(2)6-4-7;1-7-4-3-5-8(2)6-7/h3-10H,11H2,1-2H3;3-10H,1-2H3;10H,6-9H2,1-5H3;4-6H,1-3H3;2*3-6H,1-2H3. The van der Waals surface area contributed by atoms with Gasteiger partial charge in [0.25, 0.3) is 0 Å². The van der Waals surface area contributed by atoms with E-state index in [1.807, 2.05) is 48.5 Å². The minimum Gasteiger partial charge on any atom is -0.457 e. The van der Waals surface area contributed by atoms with E-state index in [2.05, 4.69) is 226 Å². The molecule has 7 aromatic rings. The second-order valence-electron chi connectivity index (χ2n) is 19.4. The van der Waals surface area contributed by atoms with E-state index in [1.165, 1.54) is 98.0 Å². The van der Waals surface area contributed by atoms with E-state index in [0.29, 0.717) is 5.41 Å². The first-order valence-corrected chi connectivity index (χ1v) is 24.3. The van der Waals surface area contributed by atoms with Crippen molar-refractivity contribution in [2.45, 2.75) is 143 Å². The predicted molar refractivity (Wildman–Crippen MR) is 293 cm³/mol. The van der Waals surface area contributed by atoms with Crippen molar-refractivity contribution in [2.24, 2.45) is 11.3 Å². The number of rotatable bonds is 9. The number of aryl methyl sites for hydroxylation is 11. The number of hydrogen-bond acceptors (Lipinski definition) is 1. The predicted octanol–water partition coefficient (Wildman–Crippen LogP) is 19.5. The first-order chi connectivity index (χ1) is 31.3. The topological polar surface area (TPSA) is 9.23 Å². The number of hydrogen-bond donors (Lipinski definition) is 0. The molecule has 1 atom stereocenters. The van der Waals surface area contributed by atoms with Crippen molar-refractivity contribution in [3.63, 3.8) is 0 Å². The molecule has 66 heavy (non-hydrogen) atoms. The molecule has 0 aliphatic rings. The lowest BCUT2D eigenvalue weighted by atomic mass is 9.80. The zero-order valence-electron chi connectivity index (χ0n) is 44.1. The van der Waals surface area contributed by atoms with Gasteiger partial charge in [0.15, 0.2) is 0 Å². The summed E-state index contributed by atoms with van der Waals surface area (Å²) >= 11 is 0. The van der Waals surface area contributed by atoms with Crippen molar-refractivity contribution < 1.29 is 4.74 Å². The van der Waals surface area contributed by atoms with Gasteiger partial charge in [-0.25, -0.2) is 0 Å². The van der Waals surface area contributed by atoms with E-state index in [0.717, 1.165) is 23.8 Å². The molecule has 0 radical (unpaired) electrons. The highest BCUT2D eigenvalue weighted by Gasteiger charge is 2.17. The Bertz CT molecular complexity index is 2110. The molecule has 0 amide bonds. The summed E-state index contributed by atoms with van der Waals surface area (Å²) in [5.41, 5.74) is 17.9. The lowest BCUT2D eigenvalue weighted by molar-refractivity contribution is 0.258. The third-order valence-corrected chi connectivity index (χ3v) is 11.6. The fourth-order valence-electron chi connectivity index (χ4n) is 7.01. The van der Waals surface area contributed by atoms with E-state index >= 15 is 0 Å². The highest BCUT2D eigenvalue weighted by atomic mass is 16.5. The minimum atomic E-state index is 0.564. The third kappa shape index (κ3) is 25.7. The summed E-state index contributed by atoms with van der Waals surface area (Å²) in [7, 11) is 0. The molecule has 7 aromatic carbocycles. The quantitative estimate of drug-likeness (QED) is 0.140. The van der Waals surface area contributed by atoms with Crippen molar-refractivity contribution in [1.82, 2.24) is 0 Å². The van der Waals surface area contributed by atoms with Crippen LogP contribution in [0.4, 0.5) is 0 Å². The van der Waals surface area contributed by atoms with Gasteiger partial charge in [0, 0.05) is 0 Å².